The van der Waals surface area contributed by atoms with Gasteiger partial charge in [0.25, 0.3) is 0 Å². The molecule has 1 N–H and O–H groups in total. The van der Waals surface area contributed by atoms with Crippen LogP contribution in [0.15, 0.2) is 103 Å². The molecule has 184 valence electrons. The van der Waals surface area contributed by atoms with E-state index in [-0.39, 0.29) is 17.3 Å². The average molecular weight is 496 g/mol. The molecule has 1 aliphatic heterocycles. The number of Topliss-reactive ketones (excluding diaryl/α,β-unsaturated/α-hetero) is 3. The first-order valence-corrected chi connectivity index (χ1v) is 12.9. The van der Waals surface area contributed by atoms with E-state index in [1.165, 1.54) is 0 Å². The zero-order chi connectivity index (χ0) is 26.2. The fourth-order valence-electron chi connectivity index (χ4n) is 6.63. The van der Waals surface area contributed by atoms with Crippen LogP contribution in [0.25, 0.3) is 5.70 Å². The summed E-state index contributed by atoms with van der Waals surface area (Å²) in [6.45, 7) is 4.01. The number of aryl methyl sites for hydroxylation is 2. The van der Waals surface area contributed by atoms with Gasteiger partial charge in [0.15, 0.2) is 17.3 Å². The number of ketones is 3. The maximum atomic E-state index is 14.7. The van der Waals surface area contributed by atoms with Crippen LogP contribution >= 0.6 is 0 Å². The van der Waals surface area contributed by atoms with Crippen molar-refractivity contribution in [3.8, 4) is 0 Å². The lowest BCUT2D eigenvalue weighted by Gasteiger charge is -2.46. The fraction of sp³-hybridized carbons (Fsp3) is 0.147. The molecule has 7 rings (SSSR count). The SMILES string of the molecule is Cc1ccc(C2NC3=C(C(=O)c4ccccc43)C(c3ccc(C)cc3)C23C(=O)c2ccccc2C3=O)cc1. The average Bonchev–Trinajstić information content (AvgIpc) is 3.34. The molecule has 2 atom stereocenters. The van der Waals surface area contributed by atoms with Crippen LogP contribution in [0.3, 0.4) is 0 Å². The van der Waals surface area contributed by atoms with Crippen LogP contribution in [0.2, 0.25) is 0 Å². The lowest BCUT2D eigenvalue weighted by molar-refractivity contribution is 0.0583. The minimum atomic E-state index is -1.55. The van der Waals surface area contributed by atoms with Crippen LogP contribution in [0, 0.1) is 19.3 Å². The number of hydrogen-bond donors (Lipinski definition) is 1. The Kier molecular flexibility index (Phi) is 4.74. The number of nitrogens with one attached hydrogen (secondary N) is 1. The third-order valence-corrected chi connectivity index (χ3v) is 8.43. The highest BCUT2D eigenvalue weighted by atomic mass is 16.2. The van der Waals surface area contributed by atoms with Crippen LogP contribution in [0.4, 0.5) is 0 Å². The number of carbonyl (C=O) groups is 3. The zero-order valence-corrected chi connectivity index (χ0v) is 21.1. The molecule has 4 nitrogen and oxygen atoms in total. The highest BCUT2D eigenvalue weighted by Gasteiger charge is 2.67. The van der Waals surface area contributed by atoms with Gasteiger partial charge in [-0.25, -0.2) is 0 Å². The number of benzene rings is 4. The van der Waals surface area contributed by atoms with E-state index in [4.69, 9.17) is 0 Å². The summed E-state index contributed by atoms with van der Waals surface area (Å²) in [4.78, 5) is 43.4. The summed E-state index contributed by atoms with van der Waals surface area (Å²) in [7, 11) is 0. The van der Waals surface area contributed by atoms with Crippen molar-refractivity contribution < 1.29 is 14.4 Å². The maximum absolute atomic E-state index is 14.7. The molecule has 1 heterocycles. The molecule has 4 aromatic carbocycles. The molecule has 2 aliphatic carbocycles. The molecule has 0 saturated carbocycles. The van der Waals surface area contributed by atoms with E-state index in [2.05, 4.69) is 5.32 Å². The van der Waals surface area contributed by atoms with Gasteiger partial charge in [-0.3, -0.25) is 14.4 Å². The molecule has 0 aromatic heterocycles. The van der Waals surface area contributed by atoms with E-state index >= 15 is 0 Å². The molecule has 38 heavy (non-hydrogen) atoms. The quantitative estimate of drug-likeness (QED) is 0.327. The Morgan fingerprint density at radius 2 is 1.05 bits per heavy atom. The van der Waals surface area contributed by atoms with Crippen molar-refractivity contribution in [2.75, 3.05) is 0 Å². The van der Waals surface area contributed by atoms with Crippen LogP contribution < -0.4 is 5.32 Å². The van der Waals surface area contributed by atoms with E-state index in [1.807, 2.05) is 86.6 Å². The second-order valence-corrected chi connectivity index (χ2v) is 10.6. The smallest absolute Gasteiger partial charge is 0.192 e. The number of fused-ring (bicyclic) bond motifs is 3. The Balaban J connectivity index is 1.59. The minimum Gasteiger partial charge on any atom is -0.376 e. The van der Waals surface area contributed by atoms with Gasteiger partial charge in [0, 0.05) is 33.7 Å². The van der Waals surface area contributed by atoms with Crippen molar-refractivity contribution >= 4 is 23.0 Å². The molecule has 3 aliphatic rings. The van der Waals surface area contributed by atoms with Crippen LogP contribution in [-0.4, -0.2) is 17.3 Å². The number of rotatable bonds is 2. The largest absolute Gasteiger partial charge is 0.376 e. The predicted octanol–water partition coefficient (Wildman–Crippen LogP) is 6.40. The lowest BCUT2D eigenvalue weighted by Crippen LogP contribution is -2.53. The molecule has 0 saturated heterocycles. The summed E-state index contributed by atoms with van der Waals surface area (Å²) in [6, 6.07) is 29.8. The Morgan fingerprint density at radius 1 is 0.579 bits per heavy atom. The van der Waals surface area contributed by atoms with E-state index in [0.717, 1.165) is 27.8 Å². The molecule has 2 unspecified atom stereocenters. The predicted molar refractivity (Wildman–Crippen MR) is 146 cm³/mol. The van der Waals surface area contributed by atoms with E-state index < -0.39 is 17.4 Å². The van der Waals surface area contributed by atoms with Crippen molar-refractivity contribution in [3.05, 3.63) is 147 Å². The van der Waals surface area contributed by atoms with Crippen molar-refractivity contribution in [1.29, 1.82) is 0 Å². The standard InChI is InChI=1S/C34H25NO3/c1-19-11-15-21(16-12-19)28-27-29(23-7-3-4-8-24(23)30(27)36)35-31(22-17-13-20(2)14-18-22)34(28)32(37)25-9-5-6-10-26(25)33(34)38/h3-18,28,31,35H,1-2H3. The summed E-state index contributed by atoms with van der Waals surface area (Å²) in [5.74, 6) is -1.36. The lowest BCUT2D eigenvalue weighted by atomic mass is 9.58. The van der Waals surface area contributed by atoms with Gasteiger partial charge in [0.1, 0.15) is 5.41 Å². The second kappa shape index (κ2) is 7.96. The van der Waals surface area contributed by atoms with Gasteiger partial charge < -0.3 is 5.32 Å². The third kappa shape index (κ3) is 2.83. The van der Waals surface area contributed by atoms with Gasteiger partial charge in [-0.2, -0.15) is 0 Å². The zero-order valence-electron chi connectivity index (χ0n) is 21.1. The highest BCUT2D eigenvalue weighted by Crippen LogP contribution is 2.62. The van der Waals surface area contributed by atoms with E-state index in [9.17, 15) is 14.4 Å². The van der Waals surface area contributed by atoms with Gasteiger partial charge in [-0.15, -0.1) is 0 Å². The highest BCUT2D eigenvalue weighted by molar-refractivity contribution is 6.33. The van der Waals surface area contributed by atoms with Gasteiger partial charge in [0.05, 0.1) is 11.7 Å². The summed E-state index contributed by atoms with van der Waals surface area (Å²) < 4.78 is 0. The summed E-state index contributed by atoms with van der Waals surface area (Å²) in [5.41, 5.74) is 5.67. The first-order chi connectivity index (χ1) is 18.4. The van der Waals surface area contributed by atoms with E-state index in [1.54, 1.807) is 24.3 Å². The molecule has 0 radical (unpaired) electrons. The Bertz CT molecular complexity index is 1670. The van der Waals surface area contributed by atoms with Crippen molar-refractivity contribution in [1.82, 2.24) is 5.32 Å². The Labute approximate surface area is 221 Å². The fourth-order valence-corrected chi connectivity index (χ4v) is 6.63. The van der Waals surface area contributed by atoms with Crippen LogP contribution in [-0.2, 0) is 0 Å². The molecular weight excluding hydrogens is 470 g/mol. The Morgan fingerprint density at radius 3 is 1.61 bits per heavy atom. The Hall–Kier alpha value is -4.57. The monoisotopic (exact) mass is 495 g/mol. The third-order valence-electron chi connectivity index (χ3n) is 8.43. The first kappa shape index (κ1) is 22.6. The van der Waals surface area contributed by atoms with E-state index in [0.29, 0.717) is 28.0 Å². The number of allylic oxidation sites excluding steroid dienone is 1. The summed E-state index contributed by atoms with van der Waals surface area (Å²) in [6.07, 6.45) is 0. The molecule has 0 fully saturated rings. The second-order valence-electron chi connectivity index (χ2n) is 10.6. The van der Waals surface area contributed by atoms with Crippen molar-refractivity contribution in [2.45, 2.75) is 25.8 Å². The normalized spacial score (nSPS) is 20.8. The summed E-state index contributed by atoms with van der Waals surface area (Å²) >= 11 is 0. The molecule has 1 spiro atoms. The number of hydrogen-bond acceptors (Lipinski definition) is 4. The van der Waals surface area contributed by atoms with Crippen molar-refractivity contribution in [2.24, 2.45) is 5.41 Å². The first-order valence-electron chi connectivity index (χ1n) is 12.9. The van der Waals surface area contributed by atoms with Gasteiger partial charge >= 0.3 is 0 Å². The van der Waals surface area contributed by atoms with Gasteiger partial charge in [-0.1, -0.05) is 108 Å². The van der Waals surface area contributed by atoms with Gasteiger partial charge in [-0.05, 0) is 25.0 Å². The molecule has 4 heteroatoms. The maximum Gasteiger partial charge on any atom is 0.192 e. The molecule has 0 amide bonds. The molecule has 4 aromatic rings. The van der Waals surface area contributed by atoms with Crippen molar-refractivity contribution in [3.63, 3.8) is 0 Å². The summed E-state index contributed by atoms with van der Waals surface area (Å²) in [5, 5.41) is 3.59. The van der Waals surface area contributed by atoms with Gasteiger partial charge in [0.2, 0.25) is 0 Å². The minimum absolute atomic E-state index is 0.132. The number of carbonyl (C=O) groups excluding carboxylic acids is 3. The molecule has 0 bridgehead atoms. The molecular formula is C34H25NO3. The van der Waals surface area contributed by atoms with Crippen LogP contribution in [0.5, 0.6) is 0 Å². The topological polar surface area (TPSA) is 63.2 Å². The van der Waals surface area contributed by atoms with Crippen LogP contribution in [0.1, 0.15) is 70.9 Å².